The molecule has 0 spiro atoms. The van der Waals surface area contributed by atoms with E-state index in [0.29, 0.717) is 18.9 Å². The number of H-pyrrole nitrogens is 1. The third-order valence-electron chi connectivity index (χ3n) is 3.94. The van der Waals surface area contributed by atoms with Crippen LogP contribution in [0.2, 0.25) is 0 Å². The molecule has 0 saturated carbocycles. The number of rotatable bonds is 2. The average molecular weight is 293 g/mol. The predicted molar refractivity (Wildman–Crippen MR) is 80.2 cm³/mol. The van der Waals surface area contributed by atoms with E-state index >= 15 is 0 Å². The molecule has 0 bridgehead atoms. The molecule has 2 aromatic rings. The monoisotopic (exact) mass is 293 g/mol. The van der Waals surface area contributed by atoms with Gasteiger partial charge in [-0.2, -0.15) is 0 Å². The molecule has 6 heteroatoms. The number of nitrogens with one attached hydrogen (secondary N) is 1. The first-order valence-electron chi connectivity index (χ1n) is 6.94. The number of aliphatic hydroxyl groups excluding tert-OH is 1. The molecule has 5 nitrogen and oxygen atoms in total. The van der Waals surface area contributed by atoms with Gasteiger partial charge < -0.3 is 10.1 Å². The minimum atomic E-state index is -0.259. The van der Waals surface area contributed by atoms with Crippen molar-refractivity contribution in [2.75, 3.05) is 13.1 Å². The summed E-state index contributed by atoms with van der Waals surface area (Å²) in [5.74, 6) is 0.692. The number of aromatic nitrogens is 2. The molecule has 0 aromatic carbocycles. The zero-order valence-corrected chi connectivity index (χ0v) is 12.6. The van der Waals surface area contributed by atoms with Crippen LogP contribution >= 0.6 is 11.3 Å². The molecule has 0 aliphatic carbocycles. The van der Waals surface area contributed by atoms with Gasteiger partial charge in [-0.1, -0.05) is 0 Å². The maximum absolute atomic E-state index is 12.2. The summed E-state index contributed by atoms with van der Waals surface area (Å²) in [5.41, 5.74) is 0.975. The summed E-state index contributed by atoms with van der Waals surface area (Å²) in [6.45, 7) is 6.18. The minimum Gasteiger partial charge on any atom is -0.392 e. The van der Waals surface area contributed by atoms with Crippen LogP contribution < -0.4 is 5.56 Å². The molecular weight excluding hydrogens is 274 g/mol. The smallest absolute Gasteiger partial charge is 0.259 e. The van der Waals surface area contributed by atoms with Gasteiger partial charge in [0.2, 0.25) is 0 Å². The molecule has 0 amide bonds. The van der Waals surface area contributed by atoms with Gasteiger partial charge in [-0.25, -0.2) is 4.98 Å². The molecule has 1 saturated heterocycles. The number of nitrogens with zero attached hydrogens (tertiary/aromatic N) is 2. The topological polar surface area (TPSA) is 69.2 Å². The van der Waals surface area contributed by atoms with E-state index in [2.05, 4.69) is 14.9 Å². The van der Waals surface area contributed by atoms with Crippen molar-refractivity contribution < 1.29 is 5.11 Å². The molecular formula is C14H19N3O2S. The second kappa shape index (κ2) is 5.27. The van der Waals surface area contributed by atoms with Crippen molar-refractivity contribution in [3.8, 4) is 0 Å². The fraction of sp³-hybridized carbons (Fsp3) is 0.571. The maximum Gasteiger partial charge on any atom is 0.259 e. The summed E-state index contributed by atoms with van der Waals surface area (Å²) in [6, 6.07) is 0. The van der Waals surface area contributed by atoms with Crippen molar-refractivity contribution in [2.45, 2.75) is 39.3 Å². The Labute approximate surface area is 121 Å². The highest BCUT2D eigenvalue weighted by Gasteiger charge is 2.19. The first-order chi connectivity index (χ1) is 9.54. The van der Waals surface area contributed by atoms with Crippen LogP contribution in [0.15, 0.2) is 4.79 Å². The van der Waals surface area contributed by atoms with Crippen LogP contribution in [0, 0.1) is 13.8 Å². The molecule has 3 rings (SSSR count). The standard InChI is InChI=1S/C14H19N3O2S/c1-8-9(2)20-14-12(8)13(19)15-11(16-14)7-17-5-3-4-10(18)6-17/h10,18H,3-7H2,1-2H3,(H,15,16,19). The molecule has 1 aliphatic heterocycles. The van der Waals surface area contributed by atoms with Crippen molar-refractivity contribution >= 4 is 21.6 Å². The minimum absolute atomic E-state index is 0.0515. The number of aliphatic hydroxyl groups is 1. The number of piperidine rings is 1. The number of β-amino-alcohol motifs (C(OH)–C–C–N with tert-alkyl or cyclic N) is 1. The van der Waals surface area contributed by atoms with Gasteiger partial charge in [-0.3, -0.25) is 9.69 Å². The molecule has 1 unspecified atom stereocenters. The van der Waals surface area contributed by atoms with Gasteiger partial charge in [0.15, 0.2) is 0 Å². The van der Waals surface area contributed by atoms with E-state index in [-0.39, 0.29) is 11.7 Å². The lowest BCUT2D eigenvalue weighted by Crippen LogP contribution is -2.38. The average Bonchev–Trinajstić information content (AvgIpc) is 2.65. The molecule has 0 radical (unpaired) electrons. The van der Waals surface area contributed by atoms with Crippen LogP contribution in [0.4, 0.5) is 0 Å². The zero-order chi connectivity index (χ0) is 14.3. The van der Waals surface area contributed by atoms with Crippen molar-refractivity contribution in [3.63, 3.8) is 0 Å². The first-order valence-corrected chi connectivity index (χ1v) is 7.75. The van der Waals surface area contributed by atoms with Crippen molar-refractivity contribution in [1.29, 1.82) is 0 Å². The van der Waals surface area contributed by atoms with Crippen molar-refractivity contribution in [2.24, 2.45) is 0 Å². The van der Waals surface area contributed by atoms with Gasteiger partial charge in [-0.05, 0) is 38.8 Å². The van der Waals surface area contributed by atoms with E-state index < -0.39 is 0 Å². The van der Waals surface area contributed by atoms with Gasteiger partial charge in [0.1, 0.15) is 10.7 Å². The quantitative estimate of drug-likeness (QED) is 0.881. The van der Waals surface area contributed by atoms with E-state index in [1.54, 1.807) is 11.3 Å². The lowest BCUT2D eigenvalue weighted by Gasteiger charge is -2.29. The zero-order valence-electron chi connectivity index (χ0n) is 11.8. The van der Waals surface area contributed by atoms with E-state index in [0.717, 1.165) is 40.0 Å². The van der Waals surface area contributed by atoms with Crippen LogP contribution in [0.3, 0.4) is 0 Å². The molecule has 1 aliphatic rings. The molecule has 108 valence electrons. The van der Waals surface area contributed by atoms with Gasteiger partial charge in [-0.15, -0.1) is 11.3 Å². The van der Waals surface area contributed by atoms with Crippen LogP contribution in [0.25, 0.3) is 10.2 Å². The maximum atomic E-state index is 12.2. The Morgan fingerprint density at radius 1 is 1.50 bits per heavy atom. The number of likely N-dealkylation sites (tertiary alicyclic amines) is 1. The van der Waals surface area contributed by atoms with E-state index in [4.69, 9.17) is 0 Å². The largest absolute Gasteiger partial charge is 0.392 e. The van der Waals surface area contributed by atoms with E-state index in [1.807, 2.05) is 13.8 Å². The van der Waals surface area contributed by atoms with Crippen LogP contribution in [-0.4, -0.2) is 39.2 Å². The Morgan fingerprint density at radius 3 is 3.05 bits per heavy atom. The fourth-order valence-electron chi connectivity index (χ4n) is 2.76. The number of thiophene rings is 1. The second-order valence-electron chi connectivity index (χ2n) is 5.51. The number of hydrogen-bond donors (Lipinski definition) is 2. The molecule has 1 atom stereocenters. The Kier molecular flexibility index (Phi) is 3.62. The molecule has 2 N–H and O–H groups in total. The van der Waals surface area contributed by atoms with Gasteiger partial charge >= 0.3 is 0 Å². The molecule has 3 heterocycles. The number of aryl methyl sites for hydroxylation is 2. The van der Waals surface area contributed by atoms with Gasteiger partial charge in [0.05, 0.1) is 18.0 Å². The van der Waals surface area contributed by atoms with Gasteiger partial charge in [0.25, 0.3) is 5.56 Å². The highest BCUT2D eigenvalue weighted by Crippen LogP contribution is 2.25. The SMILES string of the molecule is Cc1sc2nc(CN3CCCC(O)C3)[nH]c(=O)c2c1C. The summed E-state index contributed by atoms with van der Waals surface area (Å²) in [5, 5.41) is 10.4. The summed E-state index contributed by atoms with van der Waals surface area (Å²) in [7, 11) is 0. The Balaban J connectivity index is 1.91. The van der Waals surface area contributed by atoms with Gasteiger partial charge in [0, 0.05) is 11.4 Å². The third-order valence-corrected chi connectivity index (χ3v) is 5.04. The summed E-state index contributed by atoms with van der Waals surface area (Å²) >= 11 is 1.57. The van der Waals surface area contributed by atoms with Crippen LogP contribution in [-0.2, 0) is 6.54 Å². The Hall–Kier alpha value is -1.24. The molecule has 20 heavy (non-hydrogen) atoms. The number of hydrogen-bond acceptors (Lipinski definition) is 5. The lowest BCUT2D eigenvalue weighted by atomic mass is 10.1. The number of fused-ring (bicyclic) bond motifs is 1. The summed E-state index contributed by atoms with van der Waals surface area (Å²) in [4.78, 5) is 23.7. The van der Waals surface area contributed by atoms with E-state index in [1.165, 1.54) is 0 Å². The Bertz CT molecular complexity index is 692. The normalized spacial score (nSPS) is 20.6. The van der Waals surface area contributed by atoms with Crippen molar-refractivity contribution in [3.05, 3.63) is 26.6 Å². The highest BCUT2D eigenvalue weighted by atomic mass is 32.1. The highest BCUT2D eigenvalue weighted by molar-refractivity contribution is 7.18. The fourth-order valence-corrected chi connectivity index (χ4v) is 3.81. The van der Waals surface area contributed by atoms with E-state index in [9.17, 15) is 9.90 Å². The predicted octanol–water partition coefficient (Wildman–Crippen LogP) is 1.56. The summed E-state index contributed by atoms with van der Waals surface area (Å²) < 4.78 is 0. The summed E-state index contributed by atoms with van der Waals surface area (Å²) in [6.07, 6.45) is 1.60. The molecule has 2 aromatic heterocycles. The van der Waals surface area contributed by atoms with Crippen LogP contribution in [0.5, 0.6) is 0 Å². The van der Waals surface area contributed by atoms with Crippen molar-refractivity contribution in [1.82, 2.24) is 14.9 Å². The second-order valence-corrected chi connectivity index (χ2v) is 6.71. The Morgan fingerprint density at radius 2 is 2.30 bits per heavy atom. The number of aromatic amines is 1. The van der Waals surface area contributed by atoms with Crippen LogP contribution in [0.1, 0.15) is 29.1 Å². The molecule has 1 fully saturated rings. The third kappa shape index (κ3) is 2.51. The lowest BCUT2D eigenvalue weighted by molar-refractivity contribution is 0.0655. The first kappa shape index (κ1) is 13.7.